The molecule has 2 rings (SSSR count). The highest BCUT2D eigenvalue weighted by Gasteiger charge is 2.20. The smallest absolute Gasteiger partial charge is 0.0576 e. The minimum Gasteiger partial charge on any atom is -0.378 e. The number of hydrogen-bond acceptors (Lipinski definition) is 2. The van der Waals surface area contributed by atoms with Crippen molar-refractivity contribution in [2.75, 3.05) is 6.61 Å². The average Bonchev–Trinajstić information content (AvgIpc) is 2.60. The van der Waals surface area contributed by atoms with Gasteiger partial charge < -0.3 is 4.74 Å². The Labute approximate surface area is 170 Å². The first-order chi connectivity index (χ1) is 11.4. The molecule has 0 atom stereocenters. The largest absolute Gasteiger partial charge is 0.378 e. The monoisotopic (exact) mass is 430 g/mol. The van der Waals surface area contributed by atoms with Crippen LogP contribution in [0, 0.1) is 17.1 Å². The van der Waals surface area contributed by atoms with E-state index in [1.165, 1.54) is 62.7 Å². The lowest BCUT2D eigenvalue weighted by atomic mass is 9.88. The number of halogens is 5. The lowest BCUT2D eigenvalue weighted by Gasteiger charge is -2.25. The number of rotatable bonds is 8. The quantitative estimate of drug-likeness (QED) is 0.189. The van der Waals surface area contributed by atoms with Crippen LogP contribution in [-0.4, -0.2) is 12.7 Å². The van der Waals surface area contributed by atoms with Crippen LogP contribution >= 0.6 is 11.8 Å². The summed E-state index contributed by atoms with van der Waals surface area (Å²) in [5, 5.41) is 3.28. The highest BCUT2D eigenvalue weighted by molar-refractivity contribution is 8.03. The van der Waals surface area contributed by atoms with Gasteiger partial charge in [0.2, 0.25) is 0 Å². The minimum absolute atomic E-state index is 0. The molecule has 7 heteroatoms. The fourth-order valence-corrected chi connectivity index (χ4v) is 3.63. The summed E-state index contributed by atoms with van der Waals surface area (Å²) in [5.74, 6) is 4.00. The summed E-state index contributed by atoms with van der Waals surface area (Å²) >= 11 is 1.65. The van der Waals surface area contributed by atoms with E-state index in [4.69, 9.17) is 4.74 Å². The van der Waals surface area contributed by atoms with Crippen molar-refractivity contribution >= 4 is 11.8 Å². The number of unbranched alkanes of at least 4 members (excludes halogenated alkanes) is 4. The van der Waals surface area contributed by atoms with Gasteiger partial charge in [0.1, 0.15) is 0 Å². The maximum absolute atomic E-state index is 6.03. The van der Waals surface area contributed by atoms with Crippen molar-refractivity contribution in [3.8, 4) is 11.2 Å². The summed E-state index contributed by atoms with van der Waals surface area (Å²) in [6, 6.07) is 10.4. The van der Waals surface area contributed by atoms with Crippen molar-refractivity contribution in [1.29, 1.82) is 0 Å². The summed E-state index contributed by atoms with van der Waals surface area (Å²) in [7, 11) is 0. The summed E-state index contributed by atoms with van der Waals surface area (Å²) in [6.45, 7) is 3.21. The van der Waals surface area contributed by atoms with Gasteiger partial charge in [-0.05, 0) is 61.3 Å². The van der Waals surface area contributed by atoms with Crippen molar-refractivity contribution in [2.45, 2.75) is 75.7 Å². The zero-order valence-corrected chi connectivity index (χ0v) is 17.3. The van der Waals surface area contributed by atoms with Crippen LogP contribution < -0.4 is 0 Å². The first-order valence-corrected chi connectivity index (χ1v) is 10.0. The molecule has 0 N–H and O–H groups in total. The molecule has 0 amide bonds. The van der Waals surface area contributed by atoms with E-state index in [2.05, 4.69) is 42.4 Å². The first-order valence-electron chi connectivity index (χ1n) is 9.22. The van der Waals surface area contributed by atoms with E-state index in [9.17, 15) is 0 Å². The Bertz CT molecular complexity index is 485. The van der Waals surface area contributed by atoms with Gasteiger partial charge in [0.15, 0.2) is 0 Å². The van der Waals surface area contributed by atoms with Crippen molar-refractivity contribution in [3.05, 3.63) is 30.3 Å². The van der Waals surface area contributed by atoms with Crippen LogP contribution in [-0.2, 0) is 4.74 Å². The lowest BCUT2D eigenvalue weighted by molar-refractivity contribution is 0.0210. The predicted molar refractivity (Wildman–Crippen MR) is 113 cm³/mol. The van der Waals surface area contributed by atoms with Crippen LogP contribution in [0.5, 0.6) is 0 Å². The van der Waals surface area contributed by atoms with Gasteiger partial charge in [0, 0.05) is 17.4 Å². The summed E-state index contributed by atoms with van der Waals surface area (Å²) < 4.78 is 6.03. The maximum atomic E-state index is 6.03. The van der Waals surface area contributed by atoms with E-state index in [0.717, 1.165) is 6.61 Å². The van der Waals surface area contributed by atoms with E-state index in [-0.39, 0.29) is 23.5 Å². The topological polar surface area (TPSA) is 9.23 Å². The molecule has 0 unspecified atom stereocenters. The number of ether oxygens (including phenoxy) is 1. The molecule has 0 aromatic heterocycles. The van der Waals surface area contributed by atoms with Gasteiger partial charge in [-0.1, -0.05) is 56.7 Å². The Balaban J connectivity index is -0.000000576. The van der Waals surface area contributed by atoms with E-state index < -0.39 is 0 Å². The molecule has 0 heterocycles. The molecule has 1 aliphatic rings. The minimum atomic E-state index is 0. The van der Waals surface area contributed by atoms with Crippen LogP contribution in [0.15, 0.2) is 35.2 Å². The lowest BCUT2D eigenvalue weighted by Crippen LogP contribution is -2.21. The predicted octanol–water partition coefficient (Wildman–Crippen LogP) is 7.05. The first kappa shape index (κ1) is 34.3. The van der Waals surface area contributed by atoms with Crippen molar-refractivity contribution in [3.63, 3.8) is 0 Å². The molecule has 1 fully saturated rings. The van der Waals surface area contributed by atoms with Crippen LogP contribution in [0.3, 0.4) is 0 Å². The summed E-state index contributed by atoms with van der Waals surface area (Å²) in [6.07, 6.45) is 11.8. The van der Waals surface area contributed by atoms with Gasteiger partial charge >= 0.3 is 0 Å². The number of hydrogen-bond donors (Lipinski definition) is 0. The van der Waals surface area contributed by atoms with E-state index in [0.29, 0.717) is 12.0 Å². The SMILES string of the molecule is CCCCCCCOC1CCC(C#CSc2ccccc2)CC1.F.F.F.F.F. The van der Waals surface area contributed by atoms with Gasteiger partial charge in [0.25, 0.3) is 0 Å². The molecule has 0 bridgehead atoms. The van der Waals surface area contributed by atoms with Crippen LogP contribution in [0.4, 0.5) is 23.5 Å². The van der Waals surface area contributed by atoms with E-state index >= 15 is 0 Å². The fourth-order valence-electron chi connectivity index (χ4n) is 2.99. The van der Waals surface area contributed by atoms with Crippen molar-refractivity contribution in [2.24, 2.45) is 5.92 Å². The highest BCUT2D eigenvalue weighted by atomic mass is 32.2. The van der Waals surface area contributed by atoms with Crippen molar-refractivity contribution < 1.29 is 28.3 Å². The molecule has 1 nitrogen and oxygen atoms in total. The third-order valence-corrected chi connectivity index (χ3v) is 5.18. The summed E-state index contributed by atoms with van der Waals surface area (Å²) in [5.41, 5.74) is 0. The molecular weight excluding hydrogens is 395 g/mol. The second kappa shape index (κ2) is 22.0. The molecule has 0 saturated heterocycles. The van der Waals surface area contributed by atoms with Gasteiger partial charge in [-0.25, -0.2) is 0 Å². The van der Waals surface area contributed by atoms with Gasteiger partial charge in [0.05, 0.1) is 6.10 Å². The molecule has 1 saturated carbocycles. The van der Waals surface area contributed by atoms with E-state index in [1.54, 1.807) is 11.8 Å². The van der Waals surface area contributed by atoms with Gasteiger partial charge in [-0.2, -0.15) is 0 Å². The van der Waals surface area contributed by atoms with Crippen LogP contribution in [0.2, 0.25) is 0 Å². The Morgan fingerprint density at radius 3 is 2.07 bits per heavy atom. The molecule has 0 aliphatic heterocycles. The third kappa shape index (κ3) is 14.8. The normalized spacial score (nSPS) is 17.0. The van der Waals surface area contributed by atoms with Gasteiger partial charge in [-0.3, -0.25) is 23.5 Å². The summed E-state index contributed by atoms with van der Waals surface area (Å²) in [4.78, 5) is 1.24. The van der Waals surface area contributed by atoms with Crippen LogP contribution in [0.1, 0.15) is 64.7 Å². The maximum Gasteiger partial charge on any atom is 0.0576 e. The molecular formula is C21H35F5OS. The zero-order chi connectivity index (χ0) is 16.2. The standard InChI is InChI=1S/C21H30OS.5FH/c1-2-3-4-5-9-17-22-20-14-12-19(13-15-20)16-18-23-21-10-7-6-8-11-21;;;;;/h6-8,10-11,19-20H,2-5,9,12-15,17H2,1H3;5*1H. The zero-order valence-electron chi connectivity index (χ0n) is 16.5. The van der Waals surface area contributed by atoms with Crippen molar-refractivity contribution in [1.82, 2.24) is 0 Å². The third-order valence-electron chi connectivity index (χ3n) is 4.45. The molecule has 1 aliphatic carbocycles. The molecule has 166 valence electrons. The molecule has 0 radical (unpaired) electrons. The second-order valence-electron chi connectivity index (χ2n) is 6.42. The fraction of sp³-hybridized carbons (Fsp3) is 0.619. The number of benzene rings is 1. The van der Waals surface area contributed by atoms with Crippen LogP contribution in [0.25, 0.3) is 0 Å². The average molecular weight is 431 g/mol. The molecule has 1 aromatic carbocycles. The Kier molecular flexibility index (Phi) is 27.0. The van der Waals surface area contributed by atoms with Gasteiger partial charge in [-0.15, -0.1) is 0 Å². The van der Waals surface area contributed by atoms with E-state index in [1.807, 2.05) is 6.07 Å². The number of thioether (sulfide) groups is 1. The molecule has 28 heavy (non-hydrogen) atoms. The molecule has 1 aromatic rings. The molecule has 0 spiro atoms. The Morgan fingerprint density at radius 2 is 1.46 bits per heavy atom. The Hall–Kier alpha value is -1.26. The highest BCUT2D eigenvalue weighted by Crippen LogP contribution is 2.26. The Morgan fingerprint density at radius 1 is 0.857 bits per heavy atom. The second-order valence-corrected chi connectivity index (χ2v) is 7.30.